The van der Waals surface area contributed by atoms with Crippen molar-refractivity contribution in [1.29, 1.82) is 0 Å². The number of amides is 2. The number of nitrogens with zero attached hydrogens (tertiary/aromatic N) is 2. The molecule has 1 aromatic carbocycles. The highest BCUT2D eigenvalue weighted by Crippen LogP contribution is 2.34. The van der Waals surface area contributed by atoms with Gasteiger partial charge in [-0.15, -0.1) is 22.7 Å². The summed E-state index contributed by atoms with van der Waals surface area (Å²) in [6.07, 6.45) is 3.63. The van der Waals surface area contributed by atoms with Crippen molar-refractivity contribution in [1.82, 2.24) is 15.1 Å². The quantitative estimate of drug-likeness (QED) is 0.472. The lowest BCUT2D eigenvalue weighted by Gasteiger charge is -2.36. The molecule has 1 saturated heterocycles. The molecule has 1 N–H and O–H groups in total. The smallest absolute Gasteiger partial charge is 0.226 e. The summed E-state index contributed by atoms with van der Waals surface area (Å²) in [6.45, 7) is 4.91. The van der Waals surface area contributed by atoms with E-state index in [0.717, 1.165) is 63.3 Å². The summed E-state index contributed by atoms with van der Waals surface area (Å²) in [5, 5.41) is 5.20. The predicted molar refractivity (Wildman–Crippen MR) is 143 cm³/mol. The van der Waals surface area contributed by atoms with Gasteiger partial charge in [-0.05, 0) is 48.4 Å². The third kappa shape index (κ3) is 6.02. The summed E-state index contributed by atoms with van der Waals surface area (Å²) in [7, 11) is 0. The molecule has 35 heavy (non-hydrogen) atoms. The minimum atomic E-state index is -0.199. The second-order valence-corrected chi connectivity index (χ2v) is 11.6. The Bertz CT molecular complexity index is 1100. The summed E-state index contributed by atoms with van der Waals surface area (Å²) in [4.78, 5) is 34.5. The molecule has 0 spiro atoms. The van der Waals surface area contributed by atoms with Gasteiger partial charge in [0.2, 0.25) is 11.8 Å². The SMILES string of the molecule is O=C(NCc1ccc(-c2cccs2)s1)[C@@H]1CCCC1C(=O)N1CCN(CCc2ccccc2)CC1. The molecule has 0 bridgehead atoms. The van der Waals surface area contributed by atoms with Crippen LogP contribution in [-0.2, 0) is 22.6 Å². The number of hydrogen-bond acceptors (Lipinski definition) is 5. The maximum Gasteiger partial charge on any atom is 0.226 e. The zero-order valence-corrected chi connectivity index (χ0v) is 21.7. The highest BCUT2D eigenvalue weighted by molar-refractivity contribution is 7.21. The van der Waals surface area contributed by atoms with Gasteiger partial charge in [-0.3, -0.25) is 14.5 Å². The molecule has 1 saturated carbocycles. The second kappa shape index (κ2) is 11.5. The first-order valence-electron chi connectivity index (χ1n) is 12.6. The lowest BCUT2D eigenvalue weighted by atomic mass is 9.93. The van der Waals surface area contributed by atoms with Crippen LogP contribution in [-0.4, -0.2) is 54.3 Å². The van der Waals surface area contributed by atoms with Gasteiger partial charge >= 0.3 is 0 Å². The van der Waals surface area contributed by atoms with Crippen molar-refractivity contribution in [3.8, 4) is 9.75 Å². The summed E-state index contributed by atoms with van der Waals surface area (Å²) in [5.74, 6) is -0.152. The normalized spacial score (nSPS) is 20.7. The minimum absolute atomic E-state index is 0.0356. The molecule has 3 heterocycles. The standard InChI is InChI=1S/C28H33N3O2S2/c32-27(29-20-22-11-12-26(35-22)25-10-5-19-34-25)23-8-4-9-24(23)28(33)31-17-15-30(16-18-31)14-13-21-6-2-1-3-7-21/h1-3,5-7,10-12,19,23-24H,4,8-9,13-18,20H2,(H,29,32)/t23-,24?/m1/s1. The number of carbonyl (C=O) groups is 2. The van der Waals surface area contributed by atoms with Gasteiger partial charge in [0.15, 0.2) is 0 Å². The van der Waals surface area contributed by atoms with Crippen LogP contribution in [0.1, 0.15) is 29.7 Å². The van der Waals surface area contributed by atoms with Crippen molar-refractivity contribution in [2.24, 2.45) is 11.8 Å². The van der Waals surface area contributed by atoms with Gasteiger partial charge in [-0.1, -0.05) is 42.8 Å². The number of thiophene rings is 2. The Morgan fingerprint density at radius 3 is 2.46 bits per heavy atom. The zero-order chi connectivity index (χ0) is 24.0. The first-order chi connectivity index (χ1) is 17.2. The van der Waals surface area contributed by atoms with E-state index in [9.17, 15) is 9.59 Å². The lowest BCUT2D eigenvalue weighted by molar-refractivity contribution is -0.142. The minimum Gasteiger partial charge on any atom is -0.351 e. The molecule has 0 radical (unpaired) electrons. The van der Waals surface area contributed by atoms with Gasteiger partial charge in [0, 0.05) is 59.2 Å². The van der Waals surface area contributed by atoms with Crippen molar-refractivity contribution in [2.75, 3.05) is 32.7 Å². The van der Waals surface area contributed by atoms with Crippen LogP contribution in [0.4, 0.5) is 0 Å². The van der Waals surface area contributed by atoms with E-state index in [4.69, 9.17) is 0 Å². The molecule has 1 aliphatic carbocycles. The van der Waals surface area contributed by atoms with E-state index in [1.807, 2.05) is 4.90 Å². The third-order valence-corrected chi connectivity index (χ3v) is 9.43. The largest absolute Gasteiger partial charge is 0.351 e. The Kier molecular flexibility index (Phi) is 7.96. The monoisotopic (exact) mass is 507 g/mol. The van der Waals surface area contributed by atoms with Crippen LogP contribution in [0.5, 0.6) is 0 Å². The maximum atomic E-state index is 13.3. The average Bonchev–Trinajstić information content (AvgIpc) is 3.68. The molecular formula is C28H33N3O2S2. The van der Waals surface area contributed by atoms with Gasteiger partial charge in [0.1, 0.15) is 0 Å². The number of nitrogens with one attached hydrogen (secondary N) is 1. The molecule has 5 rings (SSSR count). The van der Waals surface area contributed by atoms with Crippen LogP contribution in [0.2, 0.25) is 0 Å². The van der Waals surface area contributed by atoms with Gasteiger partial charge in [0.25, 0.3) is 0 Å². The summed E-state index contributed by atoms with van der Waals surface area (Å²) in [6, 6.07) is 19.0. The van der Waals surface area contributed by atoms with Crippen LogP contribution >= 0.6 is 22.7 Å². The van der Waals surface area contributed by atoms with Gasteiger partial charge in [0.05, 0.1) is 6.54 Å². The van der Waals surface area contributed by atoms with Crippen LogP contribution in [0.25, 0.3) is 9.75 Å². The number of benzene rings is 1. The fourth-order valence-electron chi connectivity index (χ4n) is 5.26. The third-order valence-electron chi connectivity index (χ3n) is 7.28. The fraction of sp³-hybridized carbons (Fsp3) is 0.429. The molecule has 2 atom stereocenters. The highest BCUT2D eigenvalue weighted by Gasteiger charge is 2.40. The molecule has 2 aliphatic rings. The summed E-state index contributed by atoms with van der Waals surface area (Å²) < 4.78 is 0. The van der Waals surface area contributed by atoms with Crippen molar-refractivity contribution in [3.63, 3.8) is 0 Å². The Labute approximate surface area is 215 Å². The molecule has 2 amide bonds. The Balaban J connectivity index is 1.09. The van der Waals surface area contributed by atoms with E-state index in [1.165, 1.54) is 15.3 Å². The van der Waals surface area contributed by atoms with E-state index < -0.39 is 0 Å². The molecule has 2 fully saturated rings. The molecule has 7 heteroatoms. The predicted octanol–water partition coefficient (Wildman–Crippen LogP) is 4.90. The molecular weight excluding hydrogens is 474 g/mol. The zero-order valence-electron chi connectivity index (χ0n) is 20.0. The number of hydrogen-bond donors (Lipinski definition) is 1. The van der Waals surface area contributed by atoms with Crippen LogP contribution in [0, 0.1) is 11.8 Å². The van der Waals surface area contributed by atoms with Crippen molar-refractivity contribution in [2.45, 2.75) is 32.2 Å². The molecule has 2 aromatic heterocycles. The van der Waals surface area contributed by atoms with Crippen LogP contribution in [0.3, 0.4) is 0 Å². The van der Waals surface area contributed by atoms with E-state index in [2.05, 4.69) is 70.2 Å². The average molecular weight is 508 g/mol. The molecule has 5 nitrogen and oxygen atoms in total. The van der Waals surface area contributed by atoms with E-state index in [1.54, 1.807) is 22.7 Å². The van der Waals surface area contributed by atoms with Crippen molar-refractivity contribution in [3.05, 3.63) is 70.4 Å². The van der Waals surface area contributed by atoms with Gasteiger partial charge in [-0.25, -0.2) is 0 Å². The van der Waals surface area contributed by atoms with Gasteiger partial charge in [-0.2, -0.15) is 0 Å². The highest BCUT2D eigenvalue weighted by atomic mass is 32.1. The maximum absolute atomic E-state index is 13.3. The van der Waals surface area contributed by atoms with E-state index in [0.29, 0.717) is 6.54 Å². The molecule has 184 valence electrons. The van der Waals surface area contributed by atoms with Crippen LogP contribution in [0.15, 0.2) is 60.0 Å². The van der Waals surface area contributed by atoms with Crippen LogP contribution < -0.4 is 5.32 Å². The van der Waals surface area contributed by atoms with E-state index in [-0.39, 0.29) is 23.7 Å². The number of carbonyl (C=O) groups excluding carboxylic acids is 2. The molecule has 3 aromatic rings. The Morgan fingerprint density at radius 1 is 0.886 bits per heavy atom. The molecule has 1 unspecified atom stereocenters. The lowest BCUT2D eigenvalue weighted by Crippen LogP contribution is -2.51. The number of piperazine rings is 1. The first kappa shape index (κ1) is 24.2. The topological polar surface area (TPSA) is 52.7 Å². The van der Waals surface area contributed by atoms with Crippen molar-refractivity contribution >= 4 is 34.5 Å². The Morgan fingerprint density at radius 2 is 1.69 bits per heavy atom. The number of rotatable bonds is 8. The van der Waals surface area contributed by atoms with Gasteiger partial charge < -0.3 is 10.2 Å². The van der Waals surface area contributed by atoms with E-state index >= 15 is 0 Å². The fourth-order valence-corrected chi connectivity index (χ4v) is 7.04. The Hall–Kier alpha value is -2.48. The second-order valence-electron chi connectivity index (χ2n) is 9.51. The summed E-state index contributed by atoms with van der Waals surface area (Å²) in [5.41, 5.74) is 1.36. The first-order valence-corrected chi connectivity index (χ1v) is 14.3. The van der Waals surface area contributed by atoms with Crippen molar-refractivity contribution < 1.29 is 9.59 Å². The summed E-state index contributed by atoms with van der Waals surface area (Å²) >= 11 is 3.45. The molecule has 1 aliphatic heterocycles.